The molecular formula is C58H40N2. The van der Waals surface area contributed by atoms with Gasteiger partial charge in [0.05, 0.1) is 22.7 Å². The van der Waals surface area contributed by atoms with Crippen molar-refractivity contribution in [2.75, 3.05) is 9.80 Å². The number of nitrogens with zero attached hydrogens (tertiary/aromatic N) is 2. The molecule has 60 heavy (non-hydrogen) atoms. The van der Waals surface area contributed by atoms with Crippen LogP contribution in [0.3, 0.4) is 0 Å². The SMILES string of the molecule is C(=C\c1ccc2cc(N(c3cccc4ccccc34)c3cccc4ccccc34)ccc2c1)/c1ccc(N(c2cccc3ccccc23)c2cccc3ccccc23)cc1. The fourth-order valence-corrected chi connectivity index (χ4v) is 8.85. The molecular weight excluding hydrogens is 725 g/mol. The number of hydrogen-bond donors (Lipinski definition) is 0. The molecule has 2 heteroatoms. The summed E-state index contributed by atoms with van der Waals surface area (Å²) in [5.41, 5.74) is 9.17. The Bertz CT molecular complexity index is 3220. The molecule has 0 amide bonds. The van der Waals surface area contributed by atoms with Crippen molar-refractivity contribution in [1.29, 1.82) is 0 Å². The maximum absolute atomic E-state index is 2.42. The lowest BCUT2D eigenvalue weighted by Crippen LogP contribution is -2.11. The standard InChI is InChI=1S/C58H40N2/c1-5-21-51-43(13-1)17-9-25-55(51)59(56-26-10-18-44-14-2-6-22-52(44)56)49-36-32-41(33-37-49)29-30-42-31-34-48-40-50(38-35-47(48)39-42)60(57-27-11-19-45-15-3-7-23-53(45)57)58-28-12-20-46-16-4-8-24-54(46)58/h1-40H/b30-29+. The fraction of sp³-hybridized carbons (Fsp3) is 0. The first-order valence-electron chi connectivity index (χ1n) is 20.6. The smallest absolute Gasteiger partial charge is 0.0540 e. The van der Waals surface area contributed by atoms with Gasteiger partial charge in [-0.15, -0.1) is 0 Å². The van der Waals surface area contributed by atoms with E-state index in [1.54, 1.807) is 0 Å². The van der Waals surface area contributed by atoms with E-state index in [0.29, 0.717) is 0 Å². The molecule has 0 atom stereocenters. The van der Waals surface area contributed by atoms with E-state index in [4.69, 9.17) is 0 Å². The molecule has 0 aliphatic rings. The van der Waals surface area contributed by atoms with Crippen LogP contribution in [0.15, 0.2) is 231 Å². The van der Waals surface area contributed by atoms with Crippen molar-refractivity contribution >= 4 is 100 Å². The Balaban J connectivity index is 0.932. The van der Waals surface area contributed by atoms with Crippen molar-refractivity contribution in [3.8, 4) is 0 Å². The van der Waals surface area contributed by atoms with Crippen molar-refractivity contribution in [2.45, 2.75) is 0 Å². The van der Waals surface area contributed by atoms with Gasteiger partial charge in [0.1, 0.15) is 0 Å². The van der Waals surface area contributed by atoms with E-state index in [2.05, 4.69) is 252 Å². The van der Waals surface area contributed by atoms with Crippen LogP contribution in [0.1, 0.15) is 11.1 Å². The molecule has 0 unspecified atom stereocenters. The molecule has 0 bridgehead atoms. The van der Waals surface area contributed by atoms with Crippen molar-refractivity contribution < 1.29 is 0 Å². The minimum absolute atomic E-state index is 1.11. The van der Waals surface area contributed by atoms with Crippen LogP contribution in [0.25, 0.3) is 66.0 Å². The van der Waals surface area contributed by atoms with Crippen LogP contribution >= 0.6 is 0 Å². The van der Waals surface area contributed by atoms with E-state index in [1.165, 1.54) is 53.9 Å². The van der Waals surface area contributed by atoms with Gasteiger partial charge in [0.2, 0.25) is 0 Å². The third kappa shape index (κ3) is 6.41. The quantitative estimate of drug-likeness (QED) is 0.142. The molecule has 0 aliphatic carbocycles. The van der Waals surface area contributed by atoms with Gasteiger partial charge in [0, 0.05) is 32.9 Å². The van der Waals surface area contributed by atoms with Crippen molar-refractivity contribution in [1.82, 2.24) is 0 Å². The summed E-state index contributed by atoms with van der Waals surface area (Å²) in [5.74, 6) is 0. The molecule has 0 saturated heterocycles. The number of anilines is 6. The Kier molecular flexibility index (Phi) is 8.87. The second kappa shape index (κ2) is 15.1. The zero-order valence-electron chi connectivity index (χ0n) is 33.0. The lowest BCUT2D eigenvalue weighted by Gasteiger charge is -2.28. The first kappa shape index (κ1) is 35.2. The third-order valence-electron chi connectivity index (χ3n) is 11.8. The van der Waals surface area contributed by atoms with Gasteiger partial charge in [-0.25, -0.2) is 0 Å². The van der Waals surface area contributed by atoms with Gasteiger partial charge < -0.3 is 9.80 Å². The molecule has 282 valence electrons. The second-order valence-corrected chi connectivity index (χ2v) is 15.4. The molecule has 0 aromatic heterocycles. The zero-order chi connectivity index (χ0) is 39.8. The van der Waals surface area contributed by atoms with E-state index in [-0.39, 0.29) is 0 Å². The summed E-state index contributed by atoms with van der Waals surface area (Å²) in [6.45, 7) is 0. The van der Waals surface area contributed by atoms with Gasteiger partial charge in [-0.05, 0) is 98.0 Å². The summed E-state index contributed by atoms with van der Waals surface area (Å²) in [5, 5.41) is 12.2. The molecule has 11 rings (SSSR count). The monoisotopic (exact) mass is 764 g/mol. The minimum Gasteiger partial charge on any atom is -0.309 e. The van der Waals surface area contributed by atoms with Crippen molar-refractivity contribution in [2.24, 2.45) is 0 Å². The summed E-state index contributed by atoms with van der Waals surface area (Å²) >= 11 is 0. The minimum atomic E-state index is 1.11. The summed E-state index contributed by atoms with van der Waals surface area (Å²) in [4.78, 5) is 4.82. The molecule has 0 heterocycles. The molecule has 11 aromatic rings. The van der Waals surface area contributed by atoms with E-state index < -0.39 is 0 Å². The summed E-state index contributed by atoms with van der Waals surface area (Å²) in [6, 6.07) is 83.4. The van der Waals surface area contributed by atoms with Gasteiger partial charge >= 0.3 is 0 Å². The van der Waals surface area contributed by atoms with Crippen LogP contribution < -0.4 is 9.80 Å². The first-order chi connectivity index (χ1) is 29.7. The molecule has 0 spiro atoms. The van der Waals surface area contributed by atoms with Gasteiger partial charge in [-0.1, -0.05) is 188 Å². The average molecular weight is 765 g/mol. The van der Waals surface area contributed by atoms with E-state index in [1.807, 2.05) is 0 Å². The Hall–Kier alpha value is -7.94. The van der Waals surface area contributed by atoms with Crippen LogP contribution in [0.4, 0.5) is 34.1 Å². The van der Waals surface area contributed by atoms with Crippen LogP contribution in [0.2, 0.25) is 0 Å². The Labute approximate surface area is 350 Å². The number of rotatable bonds is 8. The fourth-order valence-electron chi connectivity index (χ4n) is 8.85. The summed E-state index contributed by atoms with van der Waals surface area (Å²) in [6.07, 6.45) is 4.43. The summed E-state index contributed by atoms with van der Waals surface area (Å²) in [7, 11) is 0. The molecule has 11 aromatic carbocycles. The highest BCUT2D eigenvalue weighted by Crippen LogP contribution is 2.44. The molecule has 0 fully saturated rings. The number of benzene rings is 11. The summed E-state index contributed by atoms with van der Waals surface area (Å²) < 4.78 is 0. The lowest BCUT2D eigenvalue weighted by molar-refractivity contribution is 1.31. The molecule has 0 N–H and O–H groups in total. The van der Waals surface area contributed by atoms with Gasteiger partial charge in [0.15, 0.2) is 0 Å². The van der Waals surface area contributed by atoms with Crippen molar-refractivity contribution in [3.05, 3.63) is 242 Å². The van der Waals surface area contributed by atoms with Crippen LogP contribution in [-0.4, -0.2) is 0 Å². The first-order valence-corrected chi connectivity index (χ1v) is 20.6. The lowest BCUT2D eigenvalue weighted by atomic mass is 10.0. The average Bonchev–Trinajstić information content (AvgIpc) is 3.32. The zero-order valence-corrected chi connectivity index (χ0v) is 33.0. The second-order valence-electron chi connectivity index (χ2n) is 15.4. The largest absolute Gasteiger partial charge is 0.309 e. The third-order valence-corrected chi connectivity index (χ3v) is 11.8. The molecule has 0 saturated carbocycles. The Morgan fingerprint density at radius 3 is 1.03 bits per heavy atom. The van der Waals surface area contributed by atoms with E-state index in [9.17, 15) is 0 Å². The number of hydrogen-bond acceptors (Lipinski definition) is 2. The van der Waals surface area contributed by atoms with Gasteiger partial charge in [-0.3, -0.25) is 0 Å². The maximum atomic E-state index is 2.42. The van der Waals surface area contributed by atoms with Gasteiger partial charge in [0.25, 0.3) is 0 Å². The van der Waals surface area contributed by atoms with Crippen LogP contribution in [0, 0.1) is 0 Å². The molecule has 0 radical (unpaired) electrons. The highest BCUT2D eigenvalue weighted by molar-refractivity contribution is 6.07. The topological polar surface area (TPSA) is 6.48 Å². The normalized spacial score (nSPS) is 11.6. The number of fused-ring (bicyclic) bond motifs is 5. The van der Waals surface area contributed by atoms with E-state index in [0.717, 1.165) is 45.3 Å². The Morgan fingerprint density at radius 2 is 0.567 bits per heavy atom. The highest BCUT2D eigenvalue weighted by atomic mass is 15.2. The van der Waals surface area contributed by atoms with Crippen LogP contribution in [-0.2, 0) is 0 Å². The maximum Gasteiger partial charge on any atom is 0.0540 e. The van der Waals surface area contributed by atoms with Crippen LogP contribution in [0.5, 0.6) is 0 Å². The van der Waals surface area contributed by atoms with Gasteiger partial charge in [-0.2, -0.15) is 0 Å². The highest BCUT2D eigenvalue weighted by Gasteiger charge is 2.19. The molecule has 0 aliphatic heterocycles. The van der Waals surface area contributed by atoms with Crippen molar-refractivity contribution in [3.63, 3.8) is 0 Å². The predicted molar refractivity (Wildman–Crippen MR) is 259 cm³/mol. The predicted octanol–water partition coefficient (Wildman–Crippen LogP) is 16.6. The molecule has 2 nitrogen and oxygen atoms in total. The Morgan fingerprint density at radius 1 is 0.233 bits per heavy atom. The van der Waals surface area contributed by atoms with E-state index >= 15 is 0 Å².